The molecule has 1 saturated heterocycles. The molecule has 1 aromatic rings. The Morgan fingerprint density at radius 2 is 2.60 bits per heavy atom. The van der Waals surface area contributed by atoms with Crippen LogP contribution in [-0.4, -0.2) is 23.3 Å². The average Bonchev–Trinajstić information content (AvgIpc) is 2.59. The SMILES string of the molecule is c1nnc([C]2NCCO2)o1. The largest absolute Gasteiger partial charge is 0.424 e. The minimum atomic E-state index is 0.414. The maximum Gasteiger partial charge on any atom is 0.268 e. The smallest absolute Gasteiger partial charge is 0.268 e. The highest BCUT2D eigenvalue weighted by molar-refractivity contribution is 5.02. The van der Waals surface area contributed by atoms with Gasteiger partial charge in [-0.05, 0) is 0 Å². The van der Waals surface area contributed by atoms with Gasteiger partial charge in [0.05, 0.1) is 6.61 Å². The molecule has 1 radical (unpaired) electrons. The topological polar surface area (TPSA) is 60.2 Å². The van der Waals surface area contributed by atoms with E-state index in [1.165, 1.54) is 6.39 Å². The maximum absolute atomic E-state index is 5.11. The first-order valence-electron chi connectivity index (χ1n) is 2.97. The van der Waals surface area contributed by atoms with Crippen LogP contribution in [-0.2, 0) is 4.74 Å². The van der Waals surface area contributed by atoms with Gasteiger partial charge in [0, 0.05) is 6.54 Å². The van der Waals surface area contributed by atoms with Gasteiger partial charge in [0.2, 0.25) is 6.39 Å². The minimum Gasteiger partial charge on any atom is -0.424 e. The predicted octanol–water partition coefficient (Wildman–Crippen LogP) is -0.473. The van der Waals surface area contributed by atoms with Crippen LogP contribution in [0.5, 0.6) is 0 Å². The van der Waals surface area contributed by atoms with Crippen LogP contribution >= 0.6 is 0 Å². The molecule has 0 bridgehead atoms. The van der Waals surface area contributed by atoms with E-state index in [0.29, 0.717) is 18.7 Å². The normalized spacial score (nSPS) is 20.0. The van der Waals surface area contributed by atoms with Crippen LogP contribution in [0.4, 0.5) is 0 Å². The van der Waals surface area contributed by atoms with Crippen molar-refractivity contribution in [1.29, 1.82) is 0 Å². The van der Waals surface area contributed by atoms with Crippen molar-refractivity contribution in [2.75, 3.05) is 13.2 Å². The van der Waals surface area contributed by atoms with Gasteiger partial charge in [0.15, 0.2) is 0 Å². The Kier molecular flexibility index (Phi) is 1.37. The second-order valence-electron chi connectivity index (χ2n) is 1.85. The summed E-state index contributed by atoms with van der Waals surface area (Å²) < 4.78 is 9.98. The molecule has 1 aliphatic heterocycles. The Morgan fingerprint density at radius 1 is 1.60 bits per heavy atom. The van der Waals surface area contributed by atoms with E-state index in [9.17, 15) is 0 Å². The fraction of sp³-hybridized carbons (Fsp3) is 0.400. The maximum atomic E-state index is 5.11. The van der Waals surface area contributed by atoms with Gasteiger partial charge in [-0.3, -0.25) is 5.32 Å². The van der Waals surface area contributed by atoms with Gasteiger partial charge in [0.1, 0.15) is 0 Å². The third-order valence-corrected chi connectivity index (χ3v) is 1.19. The first kappa shape index (κ1) is 5.82. The van der Waals surface area contributed by atoms with E-state index < -0.39 is 0 Å². The van der Waals surface area contributed by atoms with E-state index in [-0.39, 0.29) is 0 Å². The van der Waals surface area contributed by atoms with Crippen LogP contribution in [0.3, 0.4) is 0 Å². The molecular weight excluding hydrogens is 134 g/mol. The second kappa shape index (κ2) is 2.36. The summed E-state index contributed by atoms with van der Waals surface area (Å²) in [7, 11) is 0. The van der Waals surface area contributed by atoms with Crippen LogP contribution in [0, 0.1) is 6.23 Å². The van der Waals surface area contributed by atoms with Crippen LogP contribution in [0.1, 0.15) is 5.89 Å². The number of hydrogen-bond donors (Lipinski definition) is 1. The predicted molar refractivity (Wildman–Crippen MR) is 30.6 cm³/mol. The Bertz CT molecular complexity index is 193. The summed E-state index contributed by atoms with van der Waals surface area (Å²) >= 11 is 0. The highest BCUT2D eigenvalue weighted by Crippen LogP contribution is 2.12. The summed E-state index contributed by atoms with van der Waals surface area (Å²) in [5, 5.41) is 10.1. The molecule has 1 fully saturated rings. The quantitative estimate of drug-likeness (QED) is 0.571. The fourth-order valence-electron chi connectivity index (χ4n) is 0.778. The molecule has 1 aromatic heterocycles. The number of nitrogens with one attached hydrogen (secondary N) is 1. The molecule has 0 saturated carbocycles. The van der Waals surface area contributed by atoms with Crippen molar-refractivity contribution in [3.05, 3.63) is 18.5 Å². The Hall–Kier alpha value is -0.940. The van der Waals surface area contributed by atoms with Gasteiger partial charge >= 0.3 is 0 Å². The lowest BCUT2D eigenvalue weighted by Gasteiger charge is -1.98. The molecule has 0 aliphatic carbocycles. The number of rotatable bonds is 1. The lowest BCUT2D eigenvalue weighted by atomic mass is 10.6. The summed E-state index contributed by atoms with van der Waals surface area (Å²) in [6.07, 6.45) is 1.85. The third-order valence-electron chi connectivity index (χ3n) is 1.19. The van der Waals surface area contributed by atoms with Crippen molar-refractivity contribution in [3.8, 4) is 0 Å². The van der Waals surface area contributed by atoms with E-state index in [1.54, 1.807) is 0 Å². The first-order chi connectivity index (χ1) is 4.97. The van der Waals surface area contributed by atoms with Crippen molar-refractivity contribution < 1.29 is 9.15 Å². The third kappa shape index (κ3) is 0.891. The molecule has 0 spiro atoms. The summed E-state index contributed by atoms with van der Waals surface area (Å²) in [6.45, 7) is 1.47. The Morgan fingerprint density at radius 3 is 3.20 bits per heavy atom. The number of aromatic nitrogens is 2. The molecule has 5 nitrogen and oxygen atoms in total. The molecule has 0 aromatic carbocycles. The summed E-state index contributed by atoms with van der Waals surface area (Å²) in [5.74, 6) is 0.414. The summed E-state index contributed by atoms with van der Waals surface area (Å²) in [4.78, 5) is 0. The van der Waals surface area contributed by atoms with Crippen molar-refractivity contribution in [2.24, 2.45) is 0 Å². The molecule has 10 heavy (non-hydrogen) atoms. The molecular formula is C5H6N3O2. The number of ether oxygens (including phenoxy) is 1. The fourth-order valence-corrected chi connectivity index (χ4v) is 0.778. The minimum absolute atomic E-state index is 0.414. The molecule has 0 unspecified atom stereocenters. The Balaban J connectivity index is 2.12. The number of nitrogens with zero attached hydrogens (tertiary/aromatic N) is 2. The molecule has 0 atom stereocenters. The van der Waals surface area contributed by atoms with Gasteiger partial charge in [-0.1, -0.05) is 0 Å². The van der Waals surface area contributed by atoms with E-state index in [0.717, 1.165) is 6.54 Å². The van der Waals surface area contributed by atoms with Crippen LogP contribution in [0.15, 0.2) is 10.8 Å². The molecule has 2 heterocycles. The summed E-state index contributed by atoms with van der Waals surface area (Å²) in [6, 6.07) is 0. The zero-order valence-electron chi connectivity index (χ0n) is 5.20. The zero-order chi connectivity index (χ0) is 6.81. The molecule has 2 rings (SSSR count). The lowest BCUT2D eigenvalue weighted by Crippen LogP contribution is -2.15. The van der Waals surface area contributed by atoms with Gasteiger partial charge in [-0.2, -0.15) is 0 Å². The van der Waals surface area contributed by atoms with Crippen molar-refractivity contribution in [2.45, 2.75) is 0 Å². The van der Waals surface area contributed by atoms with Gasteiger partial charge in [-0.15, -0.1) is 10.2 Å². The average molecular weight is 140 g/mol. The van der Waals surface area contributed by atoms with Crippen LogP contribution < -0.4 is 5.32 Å². The van der Waals surface area contributed by atoms with Gasteiger partial charge in [-0.25, -0.2) is 0 Å². The first-order valence-corrected chi connectivity index (χ1v) is 2.97. The lowest BCUT2D eigenvalue weighted by molar-refractivity contribution is 0.193. The molecule has 5 heteroatoms. The van der Waals surface area contributed by atoms with Crippen molar-refractivity contribution >= 4 is 0 Å². The van der Waals surface area contributed by atoms with E-state index >= 15 is 0 Å². The van der Waals surface area contributed by atoms with Crippen molar-refractivity contribution in [1.82, 2.24) is 15.5 Å². The highest BCUT2D eigenvalue weighted by atomic mass is 16.5. The summed E-state index contributed by atoms with van der Waals surface area (Å²) in [5.41, 5.74) is 0. The monoisotopic (exact) mass is 140 g/mol. The van der Waals surface area contributed by atoms with E-state index in [2.05, 4.69) is 15.5 Å². The standard InChI is InChI=1S/C5H6N3O2/c1-2-9-4(6-1)5-8-7-3-10-5/h3,6H,1-2H2. The van der Waals surface area contributed by atoms with Crippen molar-refractivity contribution in [3.63, 3.8) is 0 Å². The highest BCUT2D eigenvalue weighted by Gasteiger charge is 2.23. The molecule has 0 amide bonds. The van der Waals surface area contributed by atoms with Crippen LogP contribution in [0.2, 0.25) is 0 Å². The van der Waals surface area contributed by atoms with Gasteiger partial charge in [0.25, 0.3) is 12.1 Å². The number of hydrogen-bond acceptors (Lipinski definition) is 5. The molecule has 1 N–H and O–H groups in total. The Labute approximate surface area is 57.4 Å². The van der Waals surface area contributed by atoms with E-state index in [1.807, 2.05) is 0 Å². The molecule has 1 aliphatic rings. The zero-order valence-corrected chi connectivity index (χ0v) is 5.20. The molecule has 53 valence electrons. The van der Waals surface area contributed by atoms with Crippen LogP contribution in [0.25, 0.3) is 0 Å². The van der Waals surface area contributed by atoms with E-state index in [4.69, 9.17) is 9.15 Å². The second-order valence-corrected chi connectivity index (χ2v) is 1.85. The van der Waals surface area contributed by atoms with Gasteiger partial charge < -0.3 is 9.15 Å².